The maximum absolute atomic E-state index is 13.9. The molecule has 19 heavy (non-hydrogen) atoms. The van der Waals surface area contributed by atoms with Crippen molar-refractivity contribution >= 4 is 0 Å². The number of hydrogen-bond donors (Lipinski definition) is 2. The van der Waals surface area contributed by atoms with Gasteiger partial charge in [-0.1, -0.05) is 12.1 Å². The highest BCUT2D eigenvalue weighted by Gasteiger charge is 2.17. The number of aliphatic hydroxyl groups excluding tert-OH is 1. The third-order valence-corrected chi connectivity index (χ3v) is 3.63. The lowest BCUT2D eigenvalue weighted by Crippen LogP contribution is -2.46. The number of nitrogens with two attached hydrogens (primary N) is 1. The zero-order valence-electron chi connectivity index (χ0n) is 11.2. The summed E-state index contributed by atoms with van der Waals surface area (Å²) in [7, 11) is 0. The van der Waals surface area contributed by atoms with E-state index in [9.17, 15) is 4.39 Å². The van der Waals surface area contributed by atoms with Gasteiger partial charge >= 0.3 is 0 Å². The van der Waals surface area contributed by atoms with E-state index in [1.807, 2.05) is 12.1 Å². The maximum atomic E-state index is 13.9. The lowest BCUT2D eigenvalue weighted by Gasteiger charge is -2.34. The van der Waals surface area contributed by atoms with Gasteiger partial charge in [-0.2, -0.15) is 0 Å². The number of halogens is 1. The van der Waals surface area contributed by atoms with Crippen molar-refractivity contribution in [3.8, 4) is 0 Å². The fourth-order valence-corrected chi connectivity index (χ4v) is 2.40. The summed E-state index contributed by atoms with van der Waals surface area (Å²) in [5, 5.41) is 8.89. The van der Waals surface area contributed by atoms with Crippen LogP contribution in [-0.2, 0) is 13.1 Å². The summed E-state index contributed by atoms with van der Waals surface area (Å²) in [6.07, 6.45) is 0. The number of hydrogen-bond acceptors (Lipinski definition) is 4. The van der Waals surface area contributed by atoms with Gasteiger partial charge < -0.3 is 10.8 Å². The van der Waals surface area contributed by atoms with Crippen molar-refractivity contribution in [2.24, 2.45) is 5.73 Å². The Bertz CT molecular complexity index is 406. The molecular formula is C14H22FN3O. The van der Waals surface area contributed by atoms with E-state index < -0.39 is 0 Å². The summed E-state index contributed by atoms with van der Waals surface area (Å²) in [4.78, 5) is 4.47. The standard InChI is InChI=1S/C14H22FN3O/c15-14-9-12(10-16)1-2-13(14)11-18-5-3-17(4-6-18)7-8-19/h1-2,9,19H,3-8,10-11,16H2. The first-order valence-corrected chi connectivity index (χ1v) is 6.76. The molecule has 0 aromatic heterocycles. The minimum atomic E-state index is -0.166. The third-order valence-electron chi connectivity index (χ3n) is 3.63. The highest BCUT2D eigenvalue weighted by molar-refractivity contribution is 5.24. The van der Waals surface area contributed by atoms with Crippen molar-refractivity contribution in [3.63, 3.8) is 0 Å². The molecular weight excluding hydrogens is 245 g/mol. The Hall–Kier alpha value is -1.01. The lowest BCUT2D eigenvalue weighted by molar-refractivity contribution is 0.108. The number of rotatable bonds is 5. The van der Waals surface area contributed by atoms with Crippen molar-refractivity contribution in [1.29, 1.82) is 0 Å². The Morgan fingerprint density at radius 2 is 1.84 bits per heavy atom. The number of β-amino-alcohol motifs (C(OH)–C–C–N with tert-alkyl or cyclic N) is 1. The minimum Gasteiger partial charge on any atom is -0.395 e. The van der Waals surface area contributed by atoms with Gasteiger partial charge in [-0.25, -0.2) is 4.39 Å². The summed E-state index contributed by atoms with van der Waals surface area (Å²) in [6, 6.07) is 5.25. The number of piperazine rings is 1. The molecule has 0 aliphatic carbocycles. The molecule has 2 rings (SSSR count). The van der Waals surface area contributed by atoms with E-state index in [2.05, 4.69) is 9.80 Å². The van der Waals surface area contributed by atoms with Crippen LogP contribution >= 0.6 is 0 Å². The van der Waals surface area contributed by atoms with Crippen LogP contribution in [0.5, 0.6) is 0 Å². The molecule has 1 aromatic rings. The van der Waals surface area contributed by atoms with E-state index in [1.54, 1.807) is 0 Å². The van der Waals surface area contributed by atoms with Crippen LogP contribution in [-0.4, -0.2) is 54.2 Å². The summed E-state index contributed by atoms with van der Waals surface area (Å²) in [5.74, 6) is -0.166. The molecule has 1 aliphatic heterocycles. The Labute approximate surface area is 113 Å². The van der Waals surface area contributed by atoms with Crippen LogP contribution < -0.4 is 5.73 Å². The van der Waals surface area contributed by atoms with Crippen LogP contribution in [0.2, 0.25) is 0 Å². The normalized spacial score (nSPS) is 17.8. The SMILES string of the molecule is NCc1ccc(CN2CCN(CCO)CC2)c(F)c1. The van der Waals surface area contributed by atoms with Crippen LogP contribution in [0.1, 0.15) is 11.1 Å². The van der Waals surface area contributed by atoms with Gasteiger partial charge in [-0.05, 0) is 11.6 Å². The smallest absolute Gasteiger partial charge is 0.128 e. The zero-order chi connectivity index (χ0) is 13.7. The van der Waals surface area contributed by atoms with E-state index in [0.717, 1.165) is 43.9 Å². The first kappa shape index (κ1) is 14.4. The highest BCUT2D eigenvalue weighted by Crippen LogP contribution is 2.14. The number of nitrogens with zero attached hydrogens (tertiary/aromatic N) is 2. The Kier molecular flexibility index (Phi) is 5.27. The van der Waals surface area contributed by atoms with Crippen molar-refractivity contribution in [2.75, 3.05) is 39.3 Å². The largest absolute Gasteiger partial charge is 0.395 e. The molecule has 1 aromatic carbocycles. The van der Waals surface area contributed by atoms with Crippen LogP contribution in [0, 0.1) is 5.82 Å². The second kappa shape index (κ2) is 6.96. The summed E-state index contributed by atoms with van der Waals surface area (Å²) >= 11 is 0. The van der Waals surface area contributed by atoms with E-state index >= 15 is 0 Å². The van der Waals surface area contributed by atoms with Crippen LogP contribution in [0.15, 0.2) is 18.2 Å². The maximum Gasteiger partial charge on any atom is 0.128 e. The number of aliphatic hydroxyl groups is 1. The van der Waals surface area contributed by atoms with Gasteiger partial charge in [0.1, 0.15) is 5.82 Å². The van der Waals surface area contributed by atoms with E-state index in [0.29, 0.717) is 13.1 Å². The van der Waals surface area contributed by atoms with Gasteiger partial charge in [0.05, 0.1) is 6.61 Å². The minimum absolute atomic E-state index is 0.166. The van der Waals surface area contributed by atoms with Crippen LogP contribution in [0.25, 0.3) is 0 Å². The molecule has 0 saturated carbocycles. The molecule has 0 radical (unpaired) electrons. The first-order valence-electron chi connectivity index (χ1n) is 6.76. The Balaban J connectivity index is 1.88. The van der Waals surface area contributed by atoms with Crippen molar-refractivity contribution in [3.05, 3.63) is 35.1 Å². The zero-order valence-corrected chi connectivity index (χ0v) is 11.2. The van der Waals surface area contributed by atoms with Crippen LogP contribution in [0.3, 0.4) is 0 Å². The first-order chi connectivity index (χ1) is 9.22. The average molecular weight is 267 g/mol. The predicted molar refractivity (Wildman–Crippen MR) is 73.1 cm³/mol. The quantitative estimate of drug-likeness (QED) is 0.810. The number of benzene rings is 1. The van der Waals surface area contributed by atoms with Gasteiger partial charge in [0.2, 0.25) is 0 Å². The van der Waals surface area contributed by atoms with Gasteiger partial charge in [0.15, 0.2) is 0 Å². The van der Waals surface area contributed by atoms with Gasteiger partial charge in [-0.15, -0.1) is 0 Å². The molecule has 1 saturated heterocycles. The van der Waals surface area contributed by atoms with Gasteiger partial charge in [-0.3, -0.25) is 9.80 Å². The molecule has 5 heteroatoms. The third kappa shape index (κ3) is 3.98. The monoisotopic (exact) mass is 267 g/mol. The fraction of sp³-hybridized carbons (Fsp3) is 0.571. The molecule has 0 atom stereocenters. The van der Waals surface area contributed by atoms with Crippen LogP contribution in [0.4, 0.5) is 4.39 Å². The topological polar surface area (TPSA) is 52.7 Å². The van der Waals surface area contributed by atoms with Crippen molar-refractivity contribution < 1.29 is 9.50 Å². The molecule has 1 fully saturated rings. The molecule has 4 nitrogen and oxygen atoms in total. The Morgan fingerprint density at radius 3 is 2.42 bits per heavy atom. The predicted octanol–water partition coefficient (Wildman–Crippen LogP) is 0.394. The molecule has 3 N–H and O–H groups in total. The van der Waals surface area contributed by atoms with Gasteiger partial charge in [0, 0.05) is 51.4 Å². The summed E-state index contributed by atoms with van der Waals surface area (Å²) < 4.78 is 13.9. The molecule has 0 spiro atoms. The molecule has 1 aliphatic rings. The fourth-order valence-electron chi connectivity index (χ4n) is 2.40. The second-order valence-corrected chi connectivity index (χ2v) is 4.97. The Morgan fingerprint density at radius 1 is 1.16 bits per heavy atom. The molecule has 1 heterocycles. The van der Waals surface area contributed by atoms with Crippen molar-refractivity contribution in [2.45, 2.75) is 13.1 Å². The van der Waals surface area contributed by atoms with Gasteiger partial charge in [0.25, 0.3) is 0 Å². The van der Waals surface area contributed by atoms with E-state index in [-0.39, 0.29) is 12.4 Å². The molecule has 106 valence electrons. The average Bonchev–Trinajstić information content (AvgIpc) is 2.43. The lowest BCUT2D eigenvalue weighted by atomic mass is 10.1. The van der Waals surface area contributed by atoms with E-state index in [1.165, 1.54) is 6.07 Å². The van der Waals surface area contributed by atoms with Crippen molar-refractivity contribution in [1.82, 2.24) is 9.80 Å². The molecule has 0 amide bonds. The highest BCUT2D eigenvalue weighted by atomic mass is 19.1. The molecule has 0 bridgehead atoms. The summed E-state index contributed by atoms with van der Waals surface area (Å²) in [6.45, 7) is 5.64. The van der Waals surface area contributed by atoms with E-state index in [4.69, 9.17) is 10.8 Å². The summed E-state index contributed by atoms with van der Waals surface area (Å²) in [5.41, 5.74) is 7.05. The molecule has 0 unspecified atom stereocenters. The second-order valence-electron chi connectivity index (χ2n) is 4.97.